The summed E-state index contributed by atoms with van der Waals surface area (Å²) in [4.78, 5) is 2.41. The highest BCUT2D eigenvalue weighted by molar-refractivity contribution is 9.11. The van der Waals surface area contributed by atoms with E-state index < -0.39 is 0 Å². The summed E-state index contributed by atoms with van der Waals surface area (Å²) in [5.74, 6) is 0. The van der Waals surface area contributed by atoms with E-state index in [-0.39, 0.29) is 18.4 Å². The third-order valence-corrected chi connectivity index (χ3v) is 7.29. The fourth-order valence-corrected chi connectivity index (χ4v) is 6.43. The first-order chi connectivity index (χ1) is 12.4. The van der Waals surface area contributed by atoms with Gasteiger partial charge < -0.3 is 16.2 Å². The highest BCUT2D eigenvalue weighted by Crippen LogP contribution is 2.52. The third-order valence-electron chi connectivity index (χ3n) is 5.06. The summed E-state index contributed by atoms with van der Waals surface area (Å²) in [7, 11) is 0. The Labute approximate surface area is 186 Å². The van der Waals surface area contributed by atoms with Crippen molar-refractivity contribution in [2.45, 2.75) is 31.2 Å². The van der Waals surface area contributed by atoms with Crippen molar-refractivity contribution < 1.29 is 4.74 Å². The smallest absolute Gasteiger partial charge is 0.112 e. The van der Waals surface area contributed by atoms with Gasteiger partial charge in [-0.1, -0.05) is 31.9 Å². The van der Waals surface area contributed by atoms with Crippen molar-refractivity contribution in [1.29, 1.82) is 0 Å². The summed E-state index contributed by atoms with van der Waals surface area (Å²) >= 11 is 14.3. The Morgan fingerprint density at radius 1 is 0.885 bits per heavy atom. The van der Waals surface area contributed by atoms with Gasteiger partial charge in [-0.3, -0.25) is 4.90 Å². The molecular formula is C18H17Br4N3O. The number of ether oxygens (including phenoxy) is 1. The number of halogens is 4. The first-order valence-corrected chi connectivity index (χ1v) is 11.4. The largest absolute Gasteiger partial charge is 0.398 e. The molecule has 26 heavy (non-hydrogen) atoms. The molecule has 0 unspecified atom stereocenters. The van der Waals surface area contributed by atoms with E-state index in [2.05, 4.69) is 74.7 Å². The Balaban J connectivity index is 1.87. The van der Waals surface area contributed by atoms with Gasteiger partial charge in [0.1, 0.15) is 12.3 Å². The molecule has 138 valence electrons. The second-order valence-electron chi connectivity index (χ2n) is 6.62. The molecule has 0 amide bonds. The van der Waals surface area contributed by atoms with Crippen LogP contribution in [0.5, 0.6) is 0 Å². The summed E-state index contributed by atoms with van der Waals surface area (Å²) in [6.45, 7) is 0.991. The van der Waals surface area contributed by atoms with Crippen molar-refractivity contribution in [1.82, 2.24) is 4.90 Å². The van der Waals surface area contributed by atoms with Crippen LogP contribution in [0.25, 0.3) is 0 Å². The monoisotopic (exact) mass is 607 g/mol. The van der Waals surface area contributed by atoms with Crippen LogP contribution in [-0.2, 0) is 4.74 Å². The van der Waals surface area contributed by atoms with Crippen molar-refractivity contribution >= 4 is 75.1 Å². The predicted octanol–water partition coefficient (Wildman–Crippen LogP) is 6.14. The Morgan fingerprint density at radius 3 is 2.12 bits per heavy atom. The van der Waals surface area contributed by atoms with Gasteiger partial charge >= 0.3 is 0 Å². The highest BCUT2D eigenvalue weighted by atomic mass is 79.9. The number of rotatable bonds is 2. The number of fused-ring (bicyclic) bond motifs is 1. The quantitative estimate of drug-likeness (QED) is 0.402. The Morgan fingerprint density at radius 2 is 1.46 bits per heavy atom. The van der Waals surface area contributed by atoms with Gasteiger partial charge in [0.2, 0.25) is 0 Å². The van der Waals surface area contributed by atoms with E-state index in [1.54, 1.807) is 0 Å². The van der Waals surface area contributed by atoms with Crippen LogP contribution in [0.15, 0.2) is 42.2 Å². The molecule has 2 heterocycles. The lowest BCUT2D eigenvalue weighted by atomic mass is 9.93. The number of nitrogens with zero attached hydrogens (tertiary/aromatic N) is 1. The molecular weight excluding hydrogens is 594 g/mol. The van der Waals surface area contributed by atoms with Crippen molar-refractivity contribution in [2.75, 3.05) is 18.0 Å². The number of nitrogens with two attached hydrogens (primary N) is 2. The zero-order valence-electron chi connectivity index (χ0n) is 13.7. The molecule has 4 rings (SSSR count). The molecule has 0 aromatic heterocycles. The molecule has 2 aliphatic rings. The van der Waals surface area contributed by atoms with Crippen molar-refractivity contribution in [3.05, 3.63) is 53.3 Å². The molecule has 4 N–H and O–H groups in total. The fraction of sp³-hybridized carbons (Fsp3) is 0.333. The van der Waals surface area contributed by atoms with Gasteiger partial charge in [0, 0.05) is 30.0 Å². The second kappa shape index (κ2) is 7.37. The van der Waals surface area contributed by atoms with E-state index in [1.807, 2.05) is 18.2 Å². The normalized spacial score (nSPS) is 25.6. The molecule has 0 radical (unpaired) electrons. The van der Waals surface area contributed by atoms with Crippen LogP contribution >= 0.6 is 63.7 Å². The van der Waals surface area contributed by atoms with Crippen LogP contribution in [0.2, 0.25) is 0 Å². The standard InChI is InChI=1S/C18H17Br4N3O/c19-8-4-10(15(23)12(21)6-8)17-18(26-14-2-1-3-25(14)17)11-5-9(20)7-13(22)16(11)24/h4-7,14,17-18H,1-3,23-24H2/t14-,17+,18+/m1/s1. The first kappa shape index (κ1) is 19.2. The van der Waals surface area contributed by atoms with Gasteiger partial charge in [-0.05, 0) is 74.5 Å². The lowest BCUT2D eigenvalue weighted by Crippen LogP contribution is -2.27. The molecule has 2 aromatic rings. The molecule has 2 aliphatic heterocycles. The Bertz CT molecular complexity index is 876. The lowest BCUT2D eigenvalue weighted by Gasteiger charge is -2.28. The summed E-state index contributed by atoms with van der Waals surface area (Å²) in [5.41, 5.74) is 16.3. The maximum Gasteiger partial charge on any atom is 0.112 e. The summed E-state index contributed by atoms with van der Waals surface area (Å²) in [6, 6.07) is 8.07. The van der Waals surface area contributed by atoms with Gasteiger partial charge in [0.05, 0.1) is 17.4 Å². The van der Waals surface area contributed by atoms with Gasteiger partial charge in [0.25, 0.3) is 0 Å². The Kier molecular flexibility index (Phi) is 5.44. The SMILES string of the molecule is Nc1c(Br)cc(Br)cc1[C@@H]1O[C@@H]2CCCN2[C@H]1c1cc(Br)cc(Br)c1N. The van der Waals surface area contributed by atoms with E-state index in [0.29, 0.717) is 5.69 Å². The predicted molar refractivity (Wildman–Crippen MR) is 119 cm³/mol. The van der Waals surface area contributed by atoms with Crippen LogP contribution in [0.1, 0.15) is 36.1 Å². The topological polar surface area (TPSA) is 64.5 Å². The van der Waals surface area contributed by atoms with Gasteiger partial charge in [-0.25, -0.2) is 0 Å². The summed E-state index contributed by atoms with van der Waals surface area (Å²) in [6.07, 6.45) is 2.06. The van der Waals surface area contributed by atoms with E-state index in [9.17, 15) is 0 Å². The number of benzene rings is 2. The first-order valence-electron chi connectivity index (χ1n) is 8.27. The molecule has 8 heteroatoms. The molecule has 0 saturated carbocycles. The number of hydrogen-bond donors (Lipinski definition) is 2. The van der Waals surface area contributed by atoms with Crippen molar-refractivity contribution in [3.8, 4) is 0 Å². The summed E-state index contributed by atoms with van der Waals surface area (Å²) < 4.78 is 10.2. The minimum absolute atomic E-state index is 0.0137. The highest BCUT2D eigenvalue weighted by Gasteiger charge is 2.47. The van der Waals surface area contributed by atoms with E-state index in [4.69, 9.17) is 16.2 Å². The average Bonchev–Trinajstić information content (AvgIpc) is 3.15. The van der Waals surface area contributed by atoms with Gasteiger partial charge in [-0.2, -0.15) is 0 Å². The molecule has 3 atom stereocenters. The van der Waals surface area contributed by atoms with Crippen LogP contribution in [-0.4, -0.2) is 17.7 Å². The van der Waals surface area contributed by atoms with Crippen LogP contribution in [0.4, 0.5) is 11.4 Å². The number of anilines is 2. The molecule has 2 aromatic carbocycles. The second-order valence-corrected chi connectivity index (χ2v) is 10.2. The average molecular weight is 611 g/mol. The lowest BCUT2D eigenvalue weighted by molar-refractivity contribution is 0.0176. The minimum Gasteiger partial charge on any atom is -0.398 e. The zero-order chi connectivity index (χ0) is 18.6. The number of hydrogen-bond acceptors (Lipinski definition) is 4. The Hall–Kier alpha value is -0.120. The molecule has 4 nitrogen and oxygen atoms in total. The van der Waals surface area contributed by atoms with E-state index >= 15 is 0 Å². The van der Waals surface area contributed by atoms with Crippen LogP contribution < -0.4 is 11.5 Å². The van der Waals surface area contributed by atoms with Crippen LogP contribution in [0, 0.1) is 0 Å². The van der Waals surface area contributed by atoms with Gasteiger partial charge in [0.15, 0.2) is 0 Å². The maximum atomic E-state index is 6.48. The molecule has 2 fully saturated rings. The third kappa shape index (κ3) is 3.26. The molecule has 0 bridgehead atoms. The molecule has 0 aliphatic carbocycles. The zero-order valence-corrected chi connectivity index (χ0v) is 20.0. The van der Waals surface area contributed by atoms with Gasteiger partial charge in [-0.15, -0.1) is 0 Å². The minimum atomic E-state index is -0.183. The van der Waals surface area contributed by atoms with Crippen molar-refractivity contribution in [2.24, 2.45) is 0 Å². The van der Waals surface area contributed by atoms with Crippen molar-refractivity contribution in [3.63, 3.8) is 0 Å². The molecule has 0 spiro atoms. The molecule has 2 saturated heterocycles. The van der Waals surface area contributed by atoms with Crippen LogP contribution in [0.3, 0.4) is 0 Å². The fourth-order valence-electron chi connectivity index (χ4n) is 3.91. The van der Waals surface area contributed by atoms with E-state index in [1.165, 1.54) is 0 Å². The number of nitrogen functional groups attached to an aromatic ring is 2. The maximum absolute atomic E-state index is 6.48. The van der Waals surface area contributed by atoms with E-state index in [0.717, 1.165) is 54.1 Å². The summed E-state index contributed by atoms with van der Waals surface area (Å²) in [5, 5.41) is 0.